The Balaban J connectivity index is 3.37. The van der Waals surface area contributed by atoms with Gasteiger partial charge in [0.15, 0.2) is 5.79 Å². The van der Waals surface area contributed by atoms with Crippen LogP contribution in [0.5, 0.6) is 0 Å². The van der Waals surface area contributed by atoms with Crippen LogP contribution < -0.4 is 0 Å². The number of hydrogen-bond acceptors (Lipinski definition) is 2. The minimum absolute atomic E-state index is 0.533. The first-order valence-electron chi connectivity index (χ1n) is 3.73. The average molecular weight is 156 g/mol. The third-order valence-electron chi connectivity index (χ3n) is 1.33. The van der Waals surface area contributed by atoms with E-state index in [0.29, 0.717) is 6.61 Å². The Bertz CT molecular complexity index is 128. The summed E-state index contributed by atoms with van der Waals surface area (Å²) in [6.07, 6.45) is 4.99. The van der Waals surface area contributed by atoms with E-state index >= 15 is 0 Å². The van der Waals surface area contributed by atoms with Crippen LogP contribution in [-0.2, 0) is 4.74 Å². The van der Waals surface area contributed by atoms with E-state index in [1.165, 1.54) is 6.08 Å². The topological polar surface area (TPSA) is 29.5 Å². The van der Waals surface area contributed by atoms with Gasteiger partial charge in [0, 0.05) is 0 Å². The first-order chi connectivity index (χ1) is 5.12. The molecule has 2 heteroatoms. The summed E-state index contributed by atoms with van der Waals surface area (Å²) in [5.74, 6) is -1.18. The molecule has 2 nitrogen and oxygen atoms in total. The number of unbranched alkanes of at least 4 members (excludes halogenated alkanes) is 1. The highest BCUT2D eigenvalue weighted by molar-refractivity contribution is 4.83. The van der Waals surface area contributed by atoms with Gasteiger partial charge < -0.3 is 9.84 Å². The molecular weight excluding hydrogens is 140 g/mol. The van der Waals surface area contributed by atoms with Gasteiger partial charge in [-0.2, -0.15) is 0 Å². The van der Waals surface area contributed by atoms with Gasteiger partial charge in [0.2, 0.25) is 0 Å². The zero-order valence-corrected chi connectivity index (χ0v) is 7.05. The van der Waals surface area contributed by atoms with Crippen molar-refractivity contribution >= 4 is 0 Å². The fraction of sp³-hybridized carbons (Fsp3) is 0.556. The van der Waals surface area contributed by atoms with E-state index in [1.807, 2.05) is 6.08 Å². The molecule has 0 aromatic heterocycles. The second-order valence-electron chi connectivity index (χ2n) is 2.54. The van der Waals surface area contributed by atoms with Gasteiger partial charge in [-0.1, -0.05) is 12.7 Å². The third-order valence-corrected chi connectivity index (χ3v) is 1.33. The summed E-state index contributed by atoms with van der Waals surface area (Å²) in [6, 6.07) is 0. The molecular formula is C9H16O2. The Hall–Kier alpha value is -0.600. The second kappa shape index (κ2) is 5.10. The first kappa shape index (κ1) is 10.4. The van der Waals surface area contributed by atoms with E-state index in [2.05, 4.69) is 13.2 Å². The minimum atomic E-state index is -1.18. The van der Waals surface area contributed by atoms with Crippen LogP contribution in [0, 0.1) is 0 Å². The van der Waals surface area contributed by atoms with Crippen LogP contribution in [0.15, 0.2) is 25.3 Å². The summed E-state index contributed by atoms with van der Waals surface area (Å²) >= 11 is 0. The molecule has 0 aliphatic rings. The summed E-state index contributed by atoms with van der Waals surface area (Å²) < 4.78 is 5.07. The van der Waals surface area contributed by atoms with E-state index in [1.54, 1.807) is 6.92 Å². The molecule has 0 radical (unpaired) electrons. The maximum atomic E-state index is 9.26. The van der Waals surface area contributed by atoms with Gasteiger partial charge in [0.05, 0.1) is 6.61 Å². The van der Waals surface area contributed by atoms with Crippen molar-refractivity contribution in [2.45, 2.75) is 25.6 Å². The molecule has 0 spiro atoms. The summed E-state index contributed by atoms with van der Waals surface area (Å²) in [4.78, 5) is 0. The van der Waals surface area contributed by atoms with E-state index in [0.717, 1.165) is 12.8 Å². The highest BCUT2D eigenvalue weighted by Gasteiger charge is 2.13. The van der Waals surface area contributed by atoms with Crippen LogP contribution in [-0.4, -0.2) is 17.5 Å². The Labute approximate surface area is 68.2 Å². The third kappa shape index (κ3) is 5.83. The molecule has 1 atom stereocenters. The van der Waals surface area contributed by atoms with Gasteiger partial charge in [-0.05, 0) is 25.8 Å². The fourth-order valence-electron chi connectivity index (χ4n) is 0.565. The van der Waals surface area contributed by atoms with Gasteiger partial charge in [-0.25, -0.2) is 0 Å². The van der Waals surface area contributed by atoms with Crippen molar-refractivity contribution < 1.29 is 9.84 Å². The lowest BCUT2D eigenvalue weighted by Gasteiger charge is -2.18. The van der Waals surface area contributed by atoms with Crippen LogP contribution in [0.3, 0.4) is 0 Å². The minimum Gasteiger partial charge on any atom is -0.362 e. The standard InChI is InChI=1S/C9H16O2/c1-4-6-7-8-11-9(3,10)5-2/h4-5,10H,1-2,6-8H2,3H3/t9-/m1/s1. The van der Waals surface area contributed by atoms with Crippen molar-refractivity contribution in [3.8, 4) is 0 Å². The predicted octanol–water partition coefficient (Wildman–Crippen LogP) is 1.86. The molecule has 0 saturated heterocycles. The molecule has 0 saturated carbocycles. The molecule has 0 fully saturated rings. The summed E-state index contributed by atoms with van der Waals surface area (Å²) in [7, 11) is 0. The number of aliphatic hydroxyl groups is 1. The Morgan fingerprint density at radius 2 is 2.18 bits per heavy atom. The Morgan fingerprint density at radius 1 is 1.55 bits per heavy atom. The van der Waals surface area contributed by atoms with Crippen molar-refractivity contribution in [2.75, 3.05) is 6.61 Å². The molecule has 0 aliphatic carbocycles. The highest BCUT2D eigenvalue weighted by atomic mass is 16.6. The maximum absolute atomic E-state index is 9.26. The lowest BCUT2D eigenvalue weighted by Crippen LogP contribution is -2.25. The van der Waals surface area contributed by atoms with Crippen molar-refractivity contribution in [1.82, 2.24) is 0 Å². The van der Waals surface area contributed by atoms with Gasteiger partial charge in [-0.15, -0.1) is 6.58 Å². The fourth-order valence-corrected chi connectivity index (χ4v) is 0.565. The number of allylic oxidation sites excluding steroid dienone is 1. The van der Waals surface area contributed by atoms with Gasteiger partial charge in [-0.3, -0.25) is 0 Å². The van der Waals surface area contributed by atoms with E-state index < -0.39 is 5.79 Å². The zero-order chi connectivity index (χ0) is 8.74. The van der Waals surface area contributed by atoms with E-state index in [-0.39, 0.29) is 0 Å². The second-order valence-corrected chi connectivity index (χ2v) is 2.54. The molecule has 0 bridgehead atoms. The molecule has 64 valence electrons. The molecule has 11 heavy (non-hydrogen) atoms. The number of rotatable bonds is 6. The van der Waals surface area contributed by atoms with Crippen molar-refractivity contribution in [1.29, 1.82) is 0 Å². The monoisotopic (exact) mass is 156 g/mol. The van der Waals surface area contributed by atoms with E-state index in [9.17, 15) is 5.11 Å². The highest BCUT2D eigenvalue weighted by Crippen LogP contribution is 2.07. The average Bonchev–Trinajstić information content (AvgIpc) is 1.99. The van der Waals surface area contributed by atoms with Crippen molar-refractivity contribution in [3.63, 3.8) is 0 Å². The summed E-state index contributed by atoms with van der Waals surface area (Å²) in [5.41, 5.74) is 0. The lowest BCUT2D eigenvalue weighted by molar-refractivity contribution is -0.152. The maximum Gasteiger partial charge on any atom is 0.182 e. The summed E-state index contributed by atoms with van der Waals surface area (Å²) in [6.45, 7) is 9.11. The lowest BCUT2D eigenvalue weighted by atomic mass is 10.3. The molecule has 0 heterocycles. The normalized spacial score (nSPS) is 15.5. The van der Waals surface area contributed by atoms with Crippen LogP contribution >= 0.6 is 0 Å². The molecule has 1 N–H and O–H groups in total. The first-order valence-corrected chi connectivity index (χ1v) is 3.73. The molecule has 0 amide bonds. The zero-order valence-electron chi connectivity index (χ0n) is 7.05. The van der Waals surface area contributed by atoms with Crippen LogP contribution in [0.1, 0.15) is 19.8 Å². The molecule has 0 aromatic rings. The largest absolute Gasteiger partial charge is 0.362 e. The number of ether oxygens (including phenoxy) is 1. The molecule has 0 aromatic carbocycles. The van der Waals surface area contributed by atoms with Crippen LogP contribution in [0.25, 0.3) is 0 Å². The van der Waals surface area contributed by atoms with Gasteiger partial charge in [0.1, 0.15) is 0 Å². The number of hydrogen-bond donors (Lipinski definition) is 1. The molecule has 0 unspecified atom stereocenters. The Morgan fingerprint density at radius 3 is 2.64 bits per heavy atom. The Kier molecular flexibility index (Phi) is 4.83. The van der Waals surface area contributed by atoms with Crippen LogP contribution in [0.2, 0.25) is 0 Å². The quantitative estimate of drug-likeness (QED) is 0.361. The molecule has 0 rings (SSSR count). The predicted molar refractivity (Wildman–Crippen MR) is 46.2 cm³/mol. The molecule has 0 aliphatic heterocycles. The smallest absolute Gasteiger partial charge is 0.182 e. The SMILES string of the molecule is C=CCCCO[C@@](C)(O)C=C. The van der Waals surface area contributed by atoms with Crippen LogP contribution in [0.4, 0.5) is 0 Å². The van der Waals surface area contributed by atoms with Crippen molar-refractivity contribution in [3.05, 3.63) is 25.3 Å². The van der Waals surface area contributed by atoms with Gasteiger partial charge >= 0.3 is 0 Å². The van der Waals surface area contributed by atoms with E-state index in [4.69, 9.17) is 4.74 Å². The van der Waals surface area contributed by atoms with Gasteiger partial charge in [0.25, 0.3) is 0 Å². The van der Waals surface area contributed by atoms with Crippen molar-refractivity contribution in [2.24, 2.45) is 0 Å². The summed E-state index contributed by atoms with van der Waals surface area (Å²) in [5, 5.41) is 9.26.